The average Bonchev–Trinajstić information content (AvgIpc) is 3.24. The summed E-state index contributed by atoms with van der Waals surface area (Å²) in [5, 5.41) is 14.6. The van der Waals surface area contributed by atoms with Crippen molar-refractivity contribution in [3.63, 3.8) is 0 Å². The number of fused-ring (bicyclic) bond motifs is 1. The normalized spacial score (nSPS) is 20.4. The van der Waals surface area contributed by atoms with Gasteiger partial charge in [-0.2, -0.15) is 0 Å². The first kappa shape index (κ1) is 17.2. The third-order valence-electron chi connectivity index (χ3n) is 5.13. The van der Waals surface area contributed by atoms with Gasteiger partial charge in [0.2, 0.25) is 0 Å². The van der Waals surface area contributed by atoms with Crippen molar-refractivity contribution in [3.8, 4) is 11.3 Å². The molecule has 4 rings (SSSR count). The van der Waals surface area contributed by atoms with Crippen LogP contribution in [0.1, 0.15) is 48.7 Å². The van der Waals surface area contributed by atoms with Crippen molar-refractivity contribution in [3.05, 3.63) is 47.1 Å². The molecule has 1 aliphatic carbocycles. The van der Waals surface area contributed by atoms with E-state index in [4.69, 9.17) is 0 Å². The highest BCUT2D eigenvalue weighted by atomic mass is 32.1. The Balaban J connectivity index is 1.54. The van der Waals surface area contributed by atoms with Crippen molar-refractivity contribution in [2.45, 2.75) is 51.2 Å². The first-order chi connectivity index (χ1) is 12.6. The number of aliphatic hydroxyl groups is 1. The van der Waals surface area contributed by atoms with Crippen LogP contribution >= 0.6 is 11.3 Å². The van der Waals surface area contributed by atoms with Gasteiger partial charge in [-0.25, -0.2) is 4.98 Å². The van der Waals surface area contributed by atoms with E-state index in [9.17, 15) is 9.90 Å². The number of nitrogens with one attached hydrogen (secondary N) is 1. The number of carbonyl (C=O) groups is 1. The van der Waals surface area contributed by atoms with Crippen molar-refractivity contribution in [2.24, 2.45) is 0 Å². The molecule has 0 spiro atoms. The number of aryl methyl sites for hydroxylation is 1. The minimum Gasteiger partial charge on any atom is -0.393 e. The van der Waals surface area contributed by atoms with E-state index in [-0.39, 0.29) is 18.1 Å². The lowest BCUT2D eigenvalue weighted by atomic mass is 9.93. The van der Waals surface area contributed by atoms with Crippen molar-refractivity contribution in [2.75, 3.05) is 0 Å². The van der Waals surface area contributed by atoms with Gasteiger partial charge in [-0.1, -0.05) is 31.2 Å². The summed E-state index contributed by atoms with van der Waals surface area (Å²) >= 11 is 1.48. The Hall–Kier alpha value is -2.18. The smallest absolute Gasteiger partial charge is 0.269 e. The number of amides is 1. The fraction of sp³-hybridized carbons (Fsp3) is 0.400. The molecule has 1 aromatic carbocycles. The standard InChI is InChI=1S/C20H23N3O2S/c1-2-13-3-5-14(6-4-13)17-11-23-18(12-26-20(23)22-17)19(25)21-15-7-9-16(24)10-8-15/h3-6,11-12,15-16,24H,2,7-10H2,1H3,(H,21,25). The summed E-state index contributed by atoms with van der Waals surface area (Å²) in [6.45, 7) is 2.14. The molecule has 1 saturated carbocycles. The Morgan fingerprint density at radius 2 is 2.00 bits per heavy atom. The summed E-state index contributed by atoms with van der Waals surface area (Å²) in [7, 11) is 0. The zero-order valence-corrected chi connectivity index (χ0v) is 15.6. The van der Waals surface area contributed by atoms with Gasteiger partial charge in [0, 0.05) is 23.2 Å². The van der Waals surface area contributed by atoms with Crippen molar-refractivity contribution >= 4 is 22.2 Å². The van der Waals surface area contributed by atoms with Crippen LogP contribution in [0, 0.1) is 0 Å². The van der Waals surface area contributed by atoms with E-state index in [2.05, 4.69) is 41.5 Å². The van der Waals surface area contributed by atoms with Crippen molar-refractivity contribution < 1.29 is 9.90 Å². The molecule has 1 amide bonds. The summed E-state index contributed by atoms with van der Waals surface area (Å²) in [6, 6.07) is 8.55. The van der Waals surface area contributed by atoms with Gasteiger partial charge in [0.15, 0.2) is 4.96 Å². The molecule has 5 nitrogen and oxygen atoms in total. The number of hydrogen-bond donors (Lipinski definition) is 2. The molecule has 6 heteroatoms. The van der Waals surface area contributed by atoms with Crippen LogP contribution in [-0.2, 0) is 6.42 Å². The lowest BCUT2D eigenvalue weighted by molar-refractivity contribution is 0.0862. The monoisotopic (exact) mass is 369 g/mol. The fourth-order valence-electron chi connectivity index (χ4n) is 3.48. The maximum Gasteiger partial charge on any atom is 0.269 e. The molecule has 0 saturated heterocycles. The second kappa shape index (κ2) is 7.21. The maximum atomic E-state index is 12.7. The number of imidazole rings is 1. The Bertz CT molecular complexity index is 905. The Labute approximate surface area is 156 Å². The van der Waals surface area contributed by atoms with E-state index < -0.39 is 0 Å². The van der Waals surface area contributed by atoms with Gasteiger partial charge in [0.25, 0.3) is 5.91 Å². The zero-order valence-electron chi connectivity index (χ0n) is 14.8. The molecule has 0 unspecified atom stereocenters. The van der Waals surface area contributed by atoms with Crippen LogP contribution < -0.4 is 5.32 Å². The summed E-state index contributed by atoms with van der Waals surface area (Å²) < 4.78 is 1.88. The molecule has 1 aliphatic rings. The molecular weight excluding hydrogens is 346 g/mol. The van der Waals surface area contributed by atoms with Gasteiger partial charge in [-0.15, -0.1) is 11.3 Å². The lowest BCUT2D eigenvalue weighted by Gasteiger charge is -2.25. The molecule has 2 heterocycles. The predicted molar refractivity (Wildman–Crippen MR) is 104 cm³/mol. The molecule has 3 aromatic rings. The Morgan fingerprint density at radius 3 is 2.69 bits per heavy atom. The minimum absolute atomic E-state index is 0.0667. The molecule has 1 fully saturated rings. The number of hydrogen-bond acceptors (Lipinski definition) is 4. The number of carbonyl (C=O) groups excluding carboxylic acids is 1. The highest BCUT2D eigenvalue weighted by Gasteiger charge is 2.23. The third kappa shape index (κ3) is 3.39. The number of rotatable bonds is 4. The van der Waals surface area contributed by atoms with E-state index in [1.54, 1.807) is 0 Å². The minimum atomic E-state index is -0.216. The largest absolute Gasteiger partial charge is 0.393 e. The molecule has 0 radical (unpaired) electrons. The van der Waals surface area contributed by atoms with Crippen molar-refractivity contribution in [1.29, 1.82) is 0 Å². The summed E-state index contributed by atoms with van der Waals surface area (Å²) in [6.07, 6.45) is 5.91. The molecular formula is C20H23N3O2S. The van der Waals surface area contributed by atoms with E-state index in [0.29, 0.717) is 5.69 Å². The third-order valence-corrected chi connectivity index (χ3v) is 5.97. The molecule has 2 aromatic heterocycles. The van der Waals surface area contributed by atoms with E-state index in [1.165, 1.54) is 16.9 Å². The summed E-state index contributed by atoms with van der Waals surface area (Å²) in [4.78, 5) is 18.2. The van der Waals surface area contributed by atoms with Crippen LogP contribution in [0.2, 0.25) is 0 Å². The Kier molecular flexibility index (Phi) is 4.78. The van der Waals surface area contributed by atoms with Gasteiger partial charge in [0.05, 0.1) is 11.8 Å². The first-order valence-corrected chi connectivity index (χ1v) is 10.1. The average molecular weight is 369 g/mol. The summed E-state index contributed by atoms with van der Waals surface area (Å²) in [5.41, 5.74) is 3.87. The first-order valence-electron chi connectivity index (χ1n) is 9.19. The van der Waals surface area contributed by atoms with Gasteiger partial charge in [-0.3, -0.25) is 9.20 Å². The number of aliphatic hydroxyl groups excluding tert-OH is 1. The van der Waals surface area contributed by atoms with Crippen LogP contribution in [0.3, 0.4) is 0 Å². The van der Waals surface area contributed by atoms with Crippen LogP contribution in [0.25, 0.3) is 16.2 Å². The topological polar surface area (TPSA) is 66.6 Å². The highest BCUT2D eigenvalue weighted by molar-refractivity contribution is 7.15. The second-order valence-corrected chi connectivity index (χ2v) is 7.77. The molecule has 26 heavy (non-hydrogen) atoms. The SMILES string of the molecule is CCc1ccc(-c2cn3c(C(=O)NC4CCC(O)CC4)csc3n2)cc1. The fourth-order valence-corrected chi connectivity index (χ4v) is 4.33. The van der Waals surface area contributed by atoms with Gasteiger partial charge in [0.1, 0.15) is 5.69 Å². The number of nitrogens with zero attached hydrogens (tertiary/aromatic N) is 2. The van der Waals surface area contributed by atoms with Crippen LogP contribution in [0.5, 0.6) is 0 Å². The molecule has 2 N–H and O–H groups in total. The van der Waals surface area contributed by atoms with E-state index in [0.717, 1.165) is 48.3 Å². The van der Waals surface area contributed by atoms with Crippen LogP contribution in [-0.4, -0.2) is 32.5 Å². The summed E-state index contributed by atoms with van der Waals surface area (Å²) in [5.74, 6) is -0.0667. The highest BCUT2D eigenvalue weighted by Crippen LogP contribution is 2.25. The number of thiazole rings is 1. The number of benzene rings is 1. The maximum absolute atomic E-state index is 12.7. The lowest BCUT2D eigenvalue weighted by Crippen LogP contribution is -2.38. The van der Waals surface area contributed by atoms with Crippen molar-refractivity contribution in [1.82, 2.24) is 14.7 Å². The van der Waals surface area contributed by atoms with Gasteiger partial charge in [-0.05, 0) is 37.7 Å². The van der Waals surface area contributed by atoms with Crippen LogP contribution in [0.4, 0.5) is 0 Å². The van der Waals surface area contributed by atoms with Gasteiger partial charge >= 0.3 is 0 Å². The van der Waals surface area contributed by atoms with E-state index >= 15 is 0 Å². The Morgan fingerprint density at radius 1 is 1.27 bits per heavy atom. The zero-order chi connectivity index (χ0) is 18.1. The molecule has 0 aliphatic heterocycles. The number of aromatic nitrogens is 2. The van der Waals surface area contributed by atoms with E-state index in [1.807, 2.05) is 16.0 Å². The molecule has 0 bridgehead atoms. The molecule has 0 atom stereocenters. The van der Waals surface area contributed by atoms with Crippen LogP contribution in [0.15, 0.2) is 35.8 Å². The quantitative estimate of drug-likeness (QED) is 0.738. The predicted octanol–water partition coefficient (Wildman–Crippen LogP) is 3.66. The molecule has 136 valence electrons. The van der Waals surface area contributed by atoms with Gasteiger partial charge < -0.3 is 10.4 Å². The second-order valence-electron chi connectivity index (χ2n) is 6.93.